The Morgan fingerprint density at radius 1 is 0.879 bits per heavy atom. The maximum atomic E-state index is 13.6. The maximum absolute atomic E-state index is 13.6. The van der Waals surface area contributed by atoms with E-state index in [1.165, 1.54) is 21.5 Å². The molecule has 4 nitrogen and oxygen atoms in total. The Hall–Kier alpha value is -3.31. The first kappa shape index (κ1) is 19.2. The predicted molar refractivity (Wildman–Crippen MR) is 131 cm³/mol. The minimum absolute atomic E-state index is 0.00464. The Kier molecular flexibility index (Phi) is 4.12. The Labute approximate surface area is 196 Å². The molecule has 1 aliphatic carbocycles. The molecule has 4 heterocycles. The van der Waals surface area contributed by atoms with Crippen molar-refractivity contribution in [1.82, 2.24) is 0 Å². The van der Waals surface area contributed by atoms with Crippen LogP contribution >= 0.6 is 11.8 Å². The molecule has 2 aromatic carbocycles. The summed E-state index contributed by atoms with van der Waals surface area (Å²) in [4.78, 5) is 17.1. The number of aliphatic hydroxyl groups excluding tert-OH is 1. The number of ketones is 1. The minimum atomic E-state index is 0.00464. The van der Waals surface area contributed by atoms with Crippen LogP contribution in [0.5, 0.6) is 0 Å². The smallest absolute Gasteiger partial charge is 0.212 e. The Morgan fingerprint density at radius 3 is 2.61 bits per heavy atom. The van der Waals surface area contributed by atoms with Gasteiger partial charge in [-0.05, 0) is 49.1 Å². The van der Waals surface area contributed by atoms with Crippen LogP contribution in [-0.2, 0) is 11.3 Å². The molecule has 3 aliphatic heterocycles. The number of aromatic nitrogens is 1. The van der Waals surface area contributed by atoms with Crippen molar-refractivity contribution in [2.75, 3.05) is 11.4 Å². The summed E-state index contributed by atoms with van der Waals surface area (Å²) < 4.78 is 2.30. The summed E-state index contributed by atoms with van der Waals surface area (Å²) in [6.45, 7) is 1.88. The average molecular weight is 452 g/mol. The monoisotopic (exact) mass is 451 g/mol. The summed E-state index contributed by atoms with van der Waals surface area (Å²) in [7, 11) is 0. The van der Waals surface area contributed by atoms with E-state index in [-0.39, 0.29) is 11.5 Å². The van der Waals surface area contributed by atoms with Crippen LogP contribution < -0.4 is 9.47 Å². The molecule has 162 valence electrons. The highest BCUT2D eigenvalue weighted by atomic mass is 32.2. The number of hydrogen-bond acceptors (Lipinski definition) is 4. The van der Waals surface area contributed by atoms with Gasteiger partial charge in [-0.2, -0.15) is 4.57 Å². The molecule has 4 aliphatic rings. The molecule has 0 spiro atoms. The molecule has 0 bridgehead atoms. The van der Waals surface area contributed by atoms with Crippen molar-refractivity contribution in [2.45, 2.75) is 37.1 Å². The van der Waals surface area contributed by atoms with Crippen LogP contribution in [0.1, 0.15) is 31.4 Å². The van der Waals surface area contributed by atoms with Gasteiger partial charge < -0.3 is 10.0 Å². The van der Waals surface area contributed by atoms with Gasteiger partial charge >= 0.3 is 0 Å². The van der Waals surface area contributed by atoms with E-state index in [2.05, 4.69) is 70.1 Å². The van der Waals surface area contributed by atoms with Crippen molar-refractivity contribution in [3.05, 3.63) is 93.9 Å². The highest BCUT2D eigenvalue weighted by Gasteiger charge is 2.44. The molecule has 0 atom stereocenters. The highest BCUT2D eigenvalue weighted by Crippen LogP contribution is 2.53. The van der Waals surface area contributed by atoms with E-state index < -0.39 is 0 Å². The number of para-hydroxylation sites is 2. The lowest BCUT2D eigenvalue weighted by Crippen LogP contribution is -2.42. The van der Waals surface area contributed by atoms with Gasteiger partial charge in [0.05, 0.1) is 21.9 Å². The molecule has 0 radical (unpaired) electrons. The van der Waals surface area contributed by atoms with Gasteiger partial charge in [-0.3, -0.25) is 4.79 Å². The fourth-order valence-electron chi connectivity index (χ4n) is 5.76. The Bertz CT molecular complexity index is 1480. The van der Waals surface area contributed by atoms with Crippen LogP contribution in [0.25, 0.3) is 16.5 Å². The zero-order valence-corrected chi connectivity index (χ0v) is 19.0. The van der Waals surface area contributed by atoms with Crippen LogP contribution in [0.4, 0.5) is 5.69 Å². The third-order valence-corrected chi connectivity index (χ3v) is 8.49. The first-order valence-electron chi connectivity index (χ1n) is 11.6. The summed E-state index contributed by atoms with van der Waals surface area (Å²) in [6.07, 6.45) is 3.59. The molecule has 1 aromatic heterocycles. The van der Waals surface area contributed by atoms with E-state index in [1.807, 2.05) is 0 Å². The molecule has 33 heavy (non-hydrogen) atoms. The number of fused-ring (bicyclic) bond motifs is 6. The van der Waals surface area contributed by atoms with E-state index in [9.17, 15) is 9.90 Å². The van der Waals surface area contributed by atoms with Gasteiger partial charge in [-0.15, -0.1) is 0 Å². The fourth-order valence-corrected chi connectivity index (χ4v) is 7.02. The normalized spacial score (nSPS) is 21.8. The van der Waals surface area contributed by atoms with Gasteiger partial charge in [0.25, 0.3) is 0 Å². The van der Waals surface area contributed by atoms with Gasteiger partial charge in [-0.25, -0.2) is 0 Å². The number of aryl methyl sites for hydroxylation is 1. The van der Waals surface area contributed by atoms with Gasteiger partial charge in [0.15, 0.2) is 0 Å². The van der Waals surface area contributed by atoms with Gasteiger partial charge in [-0.1, -0.05) is 36.0 Å². The molecule has 0 saturated heterocycles. The minimum Gasteiger partial charge on any atom is -0.506 e. The molecule has 5 heteroatoms. The van der Waals surface area contributed by atoms with Gasteiger partial charge in [0, 0.05) is 41.0 Å². The summed E-state index contributed by atoms with van der Waals surface area (Å²) in [6, 6.07) is 21.0. The number of rotatable bonds is 1. The number of pyridine rings is 1. The summed E-state index contributed by atoms with van der Waals surface area (Å²) in [5, 5.41) is 13.6. The summed E-state index contributed by atoms with van der Waals surface area (Å²) >= 11 is 1.72. The Balaban J connectivity index is 1.37. The quantitative estimate of drug-likeness (QED) is 0.382. The van der Waals surface area contributed by atoms with Crippen LogP contribution in [0.3, 0.4) is 0 Å². The van der Waals surface area contributed by atoms with Gasteiger partial charge in [0.1, 0.15) is 12.3 Å². The van der Waals surface area contributed by atoms with Crippen molar-refractivity contribution >= 4 is 39.7 Å². The first-order valence-corrected chi connectivity index (χ1v) is 12.5. The van der Waals surface area contributed by atoms with Crippen LogP contribution in [0.2, 0.25) is 0 Å². The van der Waals surface area contributed by atoms with E-state index in [0.29, 0.717) is 11.1 Å². The zero-order chi connectivity index (χ0) is 22.1. The molecule has 3 aromatic rings. The summed E-state index contributed by atoms with van der Waals surface area (Å²) in [5.74, 6) is 0.197. The Morgan fingerprint density at radius 2 is 1.70 bits per heavy atom. The second-order valence-electron chi connectivity index (χ2n) is 9.05. The van der Waals surface area contributed by atoms with Crippen molar-refractivity contribution in [2.24, 2.45) is 0 Å². The number of hydrogen-bond donors (Lipinski definition) is 1. The van der Waals surface area contributed by atoms with Crippen LogP contribution in [0, 0.1) is 0 Å². The summed E-state index contributed by atoms with van der Waals surface area (Å²) in [5.41, 5.74) is 6.51. The van der Waals surface area contributed by atoms with Crippen molar-refractivity contribution < 1.29 is 14.5 Å². The first-order chi connectivity index (χ1) is 16.2. The number of thioether (sulfide) groups is 1. The average Bonchev–Trinajstić information content (AvgIpc) is 3.24. The lowest BCUT2D eigenvalue weighted by molar-refractivity contribution is -0.677. The second kappa shape index (κ2) is 7.09. The number of Topliss-reactive ketones (excluding diaryl/α,β-unsaturated/α-hetero) is 1. The molecule has 7 rings (SSSR count). The molecule has 0 unspecified atom stereocenters. The maximum Gasteiger partial charge on any atom is 0.212 e. The number of nitrogens with zero attached hydrogens (tertiary/aromatic N) is 2. The molecule has 0 fully saturated rings. The van der Waals surface area contributed by atoms with E-state index >= 15 is 0 Å². The molecule has 0 amide bonds. The van der Waals surface area contributed by atoms with Crippen molar-refractivity contribution in [1.29, 1.82) is 0 Å². The number of allylic oxidation sites excluding steroid dienone is 4. The molecule has 0 saturated carbocycles. The number of carbonyl (C=O) groups is 1. The standard InChI is InChI=1S/C28H22N2O2S/c31-26-24(18-8-5-15-29-20-10-2-1-7-17(20)13-14-21(18)29)27(32)25(26)19-9-6-16-30-22-11-3-4-12-23(22)33-28(19)30/h1-4,7,10-14H,5-6,8-9,15-16H2/p+1. The largest absolute Gasteiger partial charge is 0.506 e. The number of carbonyl (C=O) groups excluding carboxylic acids is 1. The third-order valence-electron chi connectivity index (χ3n) is 7.26. The molecule has 1 N–H and O–H groups in total. The van der Waals surface area contributed by atoms with Crippen molar-refractivity contribution in [3.63, 3.8) is 0 Å². The molecular formula is C28H23N2O2S+. The lowest BCUT2D eigenvalue weighted by atomic mass is 9.77. The lowest BCUT2D eigenvalue weighted by Gasteiger charge is -2.33. The topological polar surface area (TPSA) is 44.4 Å². The number of benzene rings is 2. The highest BCUT2D eigenvalue weighted by molar-refractivity contribution is 8.03. The fraction of sp³-hybridized carbons (Fsp3) is 0.214. The van der Waals surface area contributed by atoms with Crippen molar-refractivity contribution in [3.8, 4) is 0 Å². The third kappa shape index (κ3) is 2.66. The van der Waals surface area contributed by atoms with Crippen LogP contribution in [0.15, 0.2) is 93.1 Å². The SMILES string of the molecule is O=C1C(C2=C3Sc4ccccc4N3CCC2)=C(O)C1=C1CCC[n+]2c1ccc1ccccc12. The zero-order valence-electron chi connectivity index (χ0n) is 18.2. The number of anilines is 1. The predicted octanol–water partition coefficient (Wildman–Crippen LogP) is 5.69. The van der Waals surface area contributed by atoms with E-state index in [4.69, 9.17) is 0 Å². The van der Waals surface area contributed by atoms with E-state index in [0.717, 1.165) is 60.6 Å². The van der Waals surface area contributed by atoms with E-state index in [1.54, 1.807) is 11.8 Å². The number of aliphatic hydroxyl groups is 1. The van der Waals surface area contributed by atoms with Crippen LogP contribution in [-0.4, -0.2) is 17.4 Å². The second-order valence-corrected chi connectivity index (χ2v) is 10.1. The molecular weight excluding hydrogens is 428 g/mol. The van der Waals surface area contributed by atoms with Gasteiger partial charge in [0.2, 0.25) is 17.0 Å².